The van der Waals surface area contributed by atoms with Crippen molar-refractivity contribution < 1.29 is 4.57 Å². The largest absolute Gasteiger partial charge is 0.332 e. The Labute approximate surface area is 113 Å². The Morgan fingerprint density at radius 1 is 1.22 bits per heavy atom. The highest BCUT2D eigenvalue weighted by Gasteiger charge is 2.24. The number of nitrogens with zero attached hydrogens (tertiary/aromatic N) is 1. The number of hydrogen-bond donors (Lipinski definition) is 1. The van der Waals surface area contributed by atoms with Crippen LogP contribution in [0.4, 0.5) is 5.13 Å². The van der Waals surface area contributed by atoms with Crippen LogP contribution >= 0.6 is 11.3 Å². The van der Waals surface area contributed by atoms with Gasteiger partial charge >= 0.3 is 5.13 Å². The number of aryl methyl sites for hydroxylation is 1. The van der Waals surface area contributed by atoms with Crippen molar-refractivity contribution in [2.45, 2.75) is 39.7 Å². The first-order valence-electron chi connectivity index (χ1n) is 6.53. The van der Waals surface area contributed by atoms with Crippen LogP contribution in [0, 0.1) is 0 Å². The van der Waals surface area contributed by atoms with Gasteiger partial charge in [0.15, 0.2) is 0 Å². The van der Waals surface area contributed by atoms with Gasteiger partial charge < -0.3 is 0 Å². The quantitative estimate of drug-likeness (QED) is 0.833. The van der Waals surface area contributed by atoms with Crippen molar-refractivity contribution in [3.63, 3.8) is 0 Å². The van der Waals surface area contributed by atoms with Crippen molar-refractivity contribution >= 4 is 16.5 Å². The van der Waals surface area contributed by atoms with Gasteiger partial charge in [-0.3, -0.25) is 5.73 Å². The van der Waals surface area contributed by atoms with Crippen molar-refractivity contribution in [3.05, 3.63) is 35.2 Å². The predicted molar refractivity (Wildman–Crippen MR) is 78.7 cm³/mol. The minimum absolute atomic E-state index is 0.391. The van der Waals surface area contributed by atoms with E-state index >= 15 is 0 Å². The average molecular weight is 261 g/mol. The molecular weight excluding hydrogens is 240 g/mol. The molecule has 0 saturated carbocycles. The van der Waals surface area contributed by atoms with E-state index in [2.05, 4.69) is 55.7 Å². The van der Waals surface area contributed by atoms with Crippen LogP contribution in [0.5, 0.6) is 0 Å². The molecule has 0 atom stereocenters. The van der Waals surface area contributed by atoms with Gasteiger partial charge in [0.05, 0.1) is 10.9 Å². The summed E-state index contributed by atoms with van der Waals surface area (Å²) >= 11 is 1.73. The molecule has 96 valence electrons. The second-order valence-electron chi connectivity index (χ2n) is 4.79. The Bertz CT molecular complexity index is 515. The first kappa shape index (κ1) is 13.1. The summed E-state index contributed by atoms with van der Waals surface area (Å²) in [7, 11) is 0. The molecule has 2 nitrogen and oxygen atoms in total. The topological polar surface area (TPSA) is 29.9 Å². The van der Waals surface area contributed by atoms with Crippen LogP contribution in [0.1, 0.15) is 38.1 Å². The lowest BCUT2D eigenvalue weighted by Gasteiger charge is -2.08. The summed E-state index contributed by atoms with van der Waals surface area (Å²) < 4.78 is 2.25. The smallest absolute Gasteiger partial charge is 0.278 e. The van der Waals surface area contributed by atoms with E-state index in [-0.39, 0.29) is 0 Å². The van der Waals surface area contributed by atoms with E-state index in [1.807, 2.05) is 0 Å². The first-order chi connectivity index (χ1) is 8.65. The van der Waals surface area contributed by atoms with Crippen LogP contribution in [-0.2, 0) is 6.42 Å². The third-order valence-electron chi connectivity index (χ3n) is 3.01. The van der Waals surface area contributed by atoms with E-state index in [0.29, 0.717) is 6.04 Å². The van der Waals surface area contributed by atoms with E-state index in [4.69, 9.17) is 5.73 Å². The van der Waals surface area contributed by atoms with Crippen LogP contribution in [0.15, 0.2) is 30.3 Å². The zero-order valence-electron chi connectivity index (χ0n) is 11.3. The molecule has 2 aromatic rings. The van der Waals surface area contributed by atoms with Crippen molar-refractivity contribution in [2.24, 2.45) is 0 Å². The van der Waals surface area contributed by atoms with Crippen LogP contribution in [0.25, 0.3) is 11.3 Å². The molecule has 0 unspecified atom stereocenters. The van der Waals surface area contributed by atoms with E-state index in [9.17, 15) is 0 Å². The lowest BCUT2D eigenvalue weighted by molar-refractivity contribution is -0.688. The number of benzene rings is 1. The van der Waals surface area contributed by atoms with Gasteiger partial charge in [-0.2, -0.15) is 0 Å². The number of nitrogens with two attached hydrogens (primary N) is 1. The zero-order chi connectivity index (χ0) is 13.1. The number of anilines is 1. The van der Waals surface area contributed by atoms with Gasteiger partial charge in [0.2, 0.25) is 0 Å². The Hall–Kier alpha value is -1.35. The zero-order valence-corrected chi connectivity index (χ0v) is 12.1. The number of nitrogen functional groups attached to an aromatic ring is 1. The Kier molecular flexibility index (Phi) is 4.02. The minimum atomic E-state index is 0.391. The Balaban J connectivity index is 2.61. The molecule has 3 heteroatoms. The van der Waals surface area contributed by atoms with Crippen LogP contribution in [0.2, 0.25) is 0 Å². The second kappa shape index (κ2) is 5.53. The summed E-state index contributed by atoms with van der Waals surface area (Å²) in [6.45, 7) is 6.58. The number of thiazole rings is 1. The van der Waals surface area contributed by atoms with Gasteiger partial charge in [0, 0.05) is 5.56 Å². The average Bonchev–Trinajstić information content (AvgIpc) is 2.67. The SMILES string of the molecule is CCCc1sc(N)[n+](C(C)C)c1-c1ccccc1. The molecule has 1 aromatic carbocycles. The van der Waals surface area contributed by atoms with Crippen molar-refractivity contribution in [2.75, 3.05) is 5.73 Å². The van der Waals surface area contributed by atoms with Crippen LogP contribution in [-0.4, -0.2) is 0 Å². The van der Waals surface area contributed by atoms with Crippen LogP contribution in [0.3, 0.4) is 0 Å². The van der Waals surface area contributed by atoms with Gasteiger partial charge in [-0.15, -0.1) is 0 Å². The Morgan fingerprint density at radius 3 is 2.44 bits per heavy atom. The van der Waals surface area contributed by atoms with Crippen molar-refractivity contribution in [3.8, 4) is 11.3 Å². The highest BCUT2D eigenvalue weighted by molar-refractivity contribution is 7.15. The van der Waals surface area contributed by atoms with E-state index in [1.54, 1.807) is 11.3 Å². The molecule has 0 aliphatic rings. The Morgan fingerprint density at radius 2 is 1.89 bits per heavy atom. The van der Waals surface area contributed by atoms with Gasteiger partial charge in [-0.05, 0) is 20.3 Å². The molecular formula is C15H21N2S+. The predicted octanol–water partition coefficient (Wildman–Crippen LogP) is 3.82. The number of hydrogen-bond acceptors (Lipinski definition) is 2. The van der Waals surface area contributed by atoms with Gasteiger partial charge in [-0.25, -0.2) is 4.57 Å². The summed E-state index contributed by atoms with van der Waals surface area (Å²) in [5.74, 6) is 0. The molecule has 2 rings (SSSR count). The summed E-state index contributed by atoms with van der Waals surface area (Å²) in [6, 6.07) is 11.0. The molecule has 1 heterocycles. The van der Waals surface area contributed by atoms with Gasteiger partial charge in [-0.1, -0.05) is 55.0 Å². The summed E-state index contributed by atoms with van der Waals surface area (Å²) in [5, 5.41) is 0.910. The summed E-state index contributed by atoms with van der Waals surface area (Å²) in [4.78, 5) is 1.40. The summed E-state index contributed by atoms with van der Waals surface area (Å²) in [6.07, 6.45) is 2.25. The molecule has 0 radical (unpaired) electrons. The molecule has 0 spiro atoms. The van der Waals surface area contributed by atoms with Gasteiger partial charge in [0.25, 0.3) is 0 Å². The first-order valence-corrected chi connectivity index (χ1v) is 7.34. The van der Waals surface area contributed by atoms with Gasteiger partial charge in [0.1, 0.15) is 5.69 Å². The molecule has 0 bridgehead atoms. The summed E-state index contributed by atoms with van der Waals surface area (Å²) in [5.41, 5.74) is 8.76. The molecule has 0 fully saturated rings. The maximum Gasteiger partial charge on any atom is 0.332 e. The molecule has 0 amide bonds. The van der Waals surface area contributed by atoms with E-state index in [1.165, 1.54) is 16.1 Å². The van der Waals surface area contributed by atoms with E-state index < -0.39 is 0 Å². The lowest BCUT2D eigenvalue weighted by atomic mass is 10.1. The highest BCUT2D eigenvalue weighted by atomic mass is 32.1. The maximum atomic E-state index is 6.19. The highest BCUT2D eigenvalue weighted by Crippen LogP contribution is 2.30. The molecule has 2 N–H and O–H groups in total. The second-order valence-corrected chi connectivity index (χ2v) is 5.91. The molecule has 0 aliphatic carbocycles. The fourth-order valence-corrected chi connectivity index (χ4v) is 3.55. The molecule has 18 heavy (non-hydrogen) atoms. The third kappa shape index (κ3) is 2.41. The fourth-order valence-electron chi connectivity index (χ4n) is 2.27. The number of rotatable bonds is 4. The van der Waals surface area contributed by atoms with Crippen molar-refractivity contribution in [1.29, 1.82) is 0 Å². The number of aromatic nitrogens is 1. The molecule has 1 aromatic heterocycles. The monoisotopic (exact) mass is 261 g/mol. The standard InChI is InChI=1S/C15H20N2S/c1-4-8-13-14(12-9-6-5-7-10-12)17(11(2)3)15(16)18-13/h5-7,9-11,16H,4,8H2,1-3H3/p+1. The van der Waals surface area contributed by atoms with E-state index in [0.717, 1.165) is 18.0 Å². The normalized spacial score (nSPS) is 11.1. The maximum absolute atomic E-state index is 6.19. The minimum Gasteiger partial charge on any atom is -0.278 e. The lowest BCUT2D eigenvalue weighted by Crippen LogP contribution is -2.39. The van der Waals surface area contributed by atoms with Crippen LogP contribution < -0.4 is 10.3 Å². The fraction of sp³-hybridized carbons (Fsp3) is 0.400. The third-order valence-corrected chi connectivity index (χ3v) is 4.06. The van der Waals surface area contributed by atoms with Crippen molar-refractivity contribution in [1.82, 2.24) is 0 Å². The molecule has 0 saturated heterocycles. The molecule has 0 aliphatic heterocycles.